The first-order valence-electron chi connectivity index (χ1n) is 11.1. The van der Waals surface area contributed by atoms with E-state index in [2.05, 4.69) is 5.32 Å². The van der Waals surface area contributed by atoms with Crippen molar-refractivity contribution in [2.45, 2.75) is 45.2 Å². The Morgan fingerprint density at radius 2 is 1.79 bits per heavy atom. The molecule has 0 aliphatic carbocycles. The van der Waals surface area contributed by atoms with Crippen molar-refractivity contribution in [3.63, 3.8) is 0 Å². The number of nitrogens with one attached hydrogen (secondary N) is 1. The van der Waals surface area contributed by atoms with Gasteiger partial charge in [0.2, 0.25) is 0 Å². The quantitative estimate of drug-likeness (QED) is 0.454. The molecule has 1 heterocycles. The van der Waals surface area contributed by atoms with Crippen molar-refractivity contribution in [1.29, 1.82) is 0 Å². The van der Waals surface area contributed by atoms with E-state index in [9.17, 15) is 9.18 Å². The molecule has 1 N–H and O–H groups in total. The van der Waals surface area contributed by atoms with Gasteiger partial charge in [-0.25, -0.2) is 9.18 Å². The van der Waals surface area contributed by atoms with E-state index < -0.39 is 29.6 Å². The van der Waals surface area contributed by atoms with E-state index in [0.29, 0.717) is 12.4 Å². The first-order chi connectivity index (χ1) is 15.9. The smallest absolute Gasteiger partial charge is 0.338 e. The topological polar surface area (TPSA) is 56.8 Å². The summed E-state index contributed by atoms with van der Waals surface area (Å²) in [5, 5.41) is 3.31. The van der Waals surface area contributed by atoms with Gasteiger partial charge in [-0.15, -0.1) is 0 Å². The van der Waals surface area contributed by atoms with E-state index in [-0.39, 0.29) is 5.56 Å². The first kappa shape index (κ1) is 22.8. The number of halogens is 1. The number of hydrogen-bond donors (Lipinski definition) is 1. The molecule has 3 aromatic carbocycles. The molecule has 4 rings (SSSR count). The minimum Gasteiger partial charge on any atom is -0.483 e. The van der Waals surface area contributed by atoms with Crippen LogP contribution in [0.1, 0.15) is 48.4 Å². The van der Waals surface area contributed by atoms with Crippen molar-refractivity contribution >= 4 is 11.7 Å². The van der Waals surface area contributed by atoms with Crippen LogP contribution >= 0.6 is 0 Å². The number of carbonyl (C=O) groups is 1. The van der Waals surface area contributed by atoms with Crippen LogP contribution in [0.3, 0.4) is 0 Å². The van der Waals surface area contributed by atoms with Crippen LogP contribution in [0, 0.1) is 5.82 Å². The average Bonchev–Trinajstić information content (AvgIpc) is 2.80. The fourth-order valence-corrected chi connectivity index (χ4v) is 3.96. The van der Waals surface area contributed by atoms with Crippen molar-refractivity contribution in [2.75, 3.05) is 11.9 Å². The van der Waals surface area contributed by atoms with E-state index in [0.717, 1.165) is 23.4 Å². The third kappa shape index (κ3) is 5.17. The molecule has 172 valence electrons. The summed E-state index contributed by atoms with van der Waals surface area (Å²) in [6, 6.07) is 21.0. The van der Waals surface area contributed by atoms with Gasteiger partial charge in [-0.05, 0) is 68.8 Å². The fraction of sp³-hybridized carbons (Fsp3) is 0.296. The molecule has 1 aliphatic heterocycles. The lowest BCUT2D eigenvalue weighted by molar-refractivity contribution is -0.143. The third-order valence-electron chi connectivity index (χ3n) is 5.62. The molecule has 0 aromatic heterocycles. The SMILES string of the molecule is CCNc1ccc2c(c1)C(OCc1ccccc1)C(OC(=O)c1ccc(F)cc1)C(C)(C)O2. The summed E-state index contributed by atoms with van der Waals surface area (Å²) in [5.74, 6) is -0.285. The van der Waals surface area contributed by atoms with Gasteiger partial charge < -0.3 is 19.5 Å². The minimum atomic E-state index is -0.857. The Morgan fingerprint density at radius 1 is 1.06 bits per heavy atom. The van der Waals surface area contributed by atoms with Crippen LogP contribution in [0.15, 0.2) is 72.8 Å². The van der Waals surface area contributed by atoms with Gasteiger partial charge in [0.15, 0.2) is 6.10 Å². The maximum absolute atomic E-state index is 13.3. The van der Waals surface area contributed by atoms with E-state index in [1.807, 2.05) is 69.3 Å². The second-order valence-electron chi connectivity index (χ2n) is 8.54. The van der Waals surface area contributed by atoms with Crippen molar-refractivity contribution in [1.82, 2.24) is 0 Å². The van der Waals surface area contributed by atoms with Crippen molar-refractivity contribution in [3.05, 3.63) is 95.3 Å². The molecule has 0 saturated heterocycles. The summed E-state index contributed by atoms with van der Waals surface area (Å²) < 4.78 is 31.9. The Balaban J connectivity index is 1.68. The summed E-state index contributed by atoms with van der Waals surface area (Å²) in [6.07, 6.45) is -1.30. The predicted octanol–water partition coefficient (Wildman–Crippen LogP) is 5.91. The van der Waals surface area contributed by atoms with Crippen molar-refractivity contribution in [2.24, 2.45) is 0 Å². The van der Waals surface area contributed by atoms with Gasteiger partial charge in [0.1, 0.15) is 23.3 Å². The summed E-state index contributed by atoms with van der Waals surface area (Å²) in [7, 11) is 0. The van der Waals surface area contributed by atoms with E-state index >= 15 is 0 Å². The van der Waals surface area contributed by atoms with Gasteiger partial charge in [0.25, 0.3) is 0 Å². The summed E-state index contributed by atoms with van der Waals surface area (Å²) in [6.45, 7) is 6.88. The van der Waals surface area contributed by atoms with Crippen LogP contribution in [-0.2, 0) is 16.1 Å². The molecule has 2 atom stereocenters. The highest BCUT2D eigenvalue weighted by Crippen LogP contribution is 2.45. The number of benzene rings is 3. The number of hydrogen-bond acceptors (Lipinski definition) is 5. The van der Waals surface area contributed by atoms with Crippen LogP contribution in [0.2, 0.25) is 0 Å². The molecule has 33 heavy (non-hydrogen) atoms. The number of ether oxygens (including phenoxy) is 3. The first-order valence-corrected chi connectivity index (χ1v) is 11.1. The highest BCUT2D eigenvalue weighted by atomic mass is 19.1. The van der Waals surface area contributed by atoms with Gasteiger partial charge >= 0.3 is 5.97 Å². The molecule has 5 nitrogen and oxygen atoms in total. The van der Waals surface area contributed by atoms with Gasteiger partial charge in [0, 0.05) is 17.8 Å². The molecule has 0 fully saturated rings. The molecule has 2 unspecified atom stereocenters. The van der Waals surface area contributed by atoms with Crippen LogP contribution in [0.5, 0.6) is 5.75 Å². The minimum absolute atomic E-state index is 0.265. The summed E-state index contributed by atoms with van der Waals surface area (Å²) in [4.78, 5) is 12.9. The number of rotatable bonds is 7. The average molecular weight is 450 g/mol. The zero-order valence-corrected chi connectivity index (χ0v) is 19.0. The van der Waals surface area contributed by atoms with Crippen molar-refractivity contribution < 1.29 is 23.4 Å². The standard InChI is InChI=1S/C27H28FNO4/c1-4-29-21-14-15-23-22(16-21)24(31-17-18-8-6-5-7-9-18)25(27(2,3)33-23)32-26(30)19-10-12-20(28)13-11-19/h5-16,24-25,29H,4,17H2,1-3H3. The molecule has 0 bridgehead atoms. The molecular weight excluding hydrogens is 421 g/mol. The number of carbonyl (C=O) groups excluding carboxylic acids is 1. The van der Waals surface area contributed by atoms with Crippen LogP contribution in [-0.4, -0.2) is 24.2 Å². The van der Waals surface area contributed by atoms with Crippen LogP contribution in [0.25, 0.3) is 0 Å². The molecule has 0 spiro atoms. The number of anilines is 1. The molecule has 6 heteroatoms. The van der Waals surface area contributed by atoms with Gasteiger partial charge in [-0.3, -0.25) is 0 Å². The molecule has 0 saturated carbocycles. The maximum atomic E-state index is 13.3. The summed E-state index contributed by atoms with van der Waals surface area (Å²) in [5.41, 5.74) is 2.15. The monoisotopic (exact) mass is 449 g/mol. The zero-order valence-electron chi connectivity index (χ0n) is 19.0. The summed E-state index contributed by atoms with van der Waals surface area (Å²) >= 11 is 0. The molecule has 3 aromatic rings. The van der Waals surface area contributed by atoms with Crippen LogP contribution in [0.4, 0.5) is 10.1 Å². The molecular formula is C27H28FNO4. The lowest BCUT2D eigenvalue weighted by Crippen LogP contribution is -2.51. The van der Waals surface area contributed by atoms with Gasteiger partial charge in [0.05, 0.1) is 12.2 Å². The van der Waals surface area contributed by atoms with Crippen molar-refractivity contribution in [3.8, 4) is 5.75 Å². The maximum Gasteiger partial charge on any atom is 0.338 e. The van der Waals surface area contributed by atoms with E-state index in [1.54, 1.807) is 0 Å². The highest BCUT2D eigenvalue weighted by molar-refractivity contribution is 5.89. The number of fused-ring (bicyclic) bond motifs is 1. The second-order valence-corrected chi connectivity index (χ2v) is 8.54. The Kier molecular flexibility index (Phi) is 6.65. The van der Waals surface area contributed by atoms with E-state index in [1.165, 1.54) is 24.3 Å². The normalized spacial score (nSPS) is 18.7. The van der Waals surface area contributed by atoms with E-state index in [4.69, 9.17) is 14.2 Å². The zero-order chi connectivity index (χ0) is 23.4. The largest absolute Gasteiger partial charge is 0.483 e. The lowest BCUT2D eigenvalue weighted by atomic mass is 9.87. The van der Waals surface area contributed by atoms with Gasteiger partial charge in [-0.1, -0.05) is 30.3 Å². The number of esters is 1. The third-order valence-corrected chi connectivity index (χ3v) is 5.62. The second kappa shape index (κ2) is 9.63. The Bertz CT molecular complexity index is 1100. The fourth-order valence-electron chi connectivity index (χ4n) is 3.96. The lowest BCUT2D eigenvalue weighted by Gasteiger charge is -2.43. The highest BCUT2D eigenvalue weighted by Gasteiger charge is 2.47. The molecule has 0 radical (unpaired) electrons. The Morgan fingerprint density at radius 3 is 2.48 bits per heavy atom. The molecule has 0 amide bonds. The molecule has 1 aliphatic rings. The predicted molar refractivity (Wildman–Crippen MR) is 125 cm³/mol. The van der Waals surface area contributed by atoms with Crippen LogP contribution < -0.4 is 10.1 Å². The Hall–Kier alpha value is -3.38. The van der Waals surface area contributed by atoms with Gasteiger partial charge in [-0.2, -0.15) is 0 Å². The Labute approximate surface area is 193 Å².